The van der Waals surface area contributed by atoms with Gasteiger partial charge >= 0.3 is 0 Å². The van der Waals surface area contributed by atoms with Crippen molar-refractivity contribution in [3.63, 3.8) is 0 Å². The zero-order valence-electron chi connectivity index (χ0n) is 14.9. The van der Waals surface area contributed by atoms with Gasteiger partial charge in [-0.15, -0.1) is 0 Å². The summed E-state index contributed by atoms with van der Waals surface area (Å²) in [6.07, 6.45) is 0. The SMILES string of the molecule is Cc1ccc(S(=O)(=O)C2CNCCNCCNCCNCCO2)cc1. The second-order valence-corrected chi connectivity index (χ2v) is 8.20. The van der Waals surface area contributed by atoms with Crippen molar-refractivity contribution in [1.29, 1.82) is 0 Å². The molecule has 1 unspecified atom stereocenters. The third-order valence-corrected chi connectivity index (χ3v) is 5.95. The van der Waals surface area contributed by atoms with E-state index in [2.05, 4.69) is 21.3 Å². The molecule has 0 radical (unpaired) electrons. The van der Waals surface area contributed by atoms with Gasteiger partial charge in [0.1, 0.15) is 0 Å². The number of ether oxygens (including phenoxy) is 1. The second-order valence-electron chi connectivity index (χ2n) is 6.11. The number of rotatable bonds is 2. The molecule has 2 rings (SSSR count). The summed E-state index contributed by atoms with van der Waals surface area (Å²) in [7, 11) is -3.54. The summed E-state index contributed by atoms with van der Waals surface area (Å²) in [4.78, 5) is 0.304. The van der Waals surface area contributed by atoms with Gasteiger partial charge in [-0.05, 0) is 19.1 Å². The predicted molar refractivity (Wildman–Crippen MR) is 99.6 cm³/mol. The fraction of sp³-hybridized carbons (Fsp3) is 0.647. The lowest BCUT2D eigenvalue weighted by atomic mass is 10.2. The average molecular weight is 371 g/mol. The number of aryl methyl sites for hydroxylation is 1. The summed E-state index contributed by atoms with van der Waals surface area (Å²) in [6.45, 7) is 8.20. The van der Waals surface area contributed by atoms with Gasteiger partial charge in [0.15, 0.2) is 5.44 Å². The molecular weight excluding hydrogens is 340 g/mol. The van der Waals surface area contributed by atoms with Crippen molar-refractivity contribution in [3.05, 3.63) is 29.8 Å². The fourth-order valence-corrected chi connectivity index (χ4v) is 3.96. The van der Waals surface area contributed by atoms with Crippen LogP contribution < -0.4 is 21.3 Å². The van der Waals surface area contributed by atoms with Gasteiger partial charge in [0.05, 0.1) is 11.5 Å². The third-order valence-electron chi connectivity index (χ3n) is 4.02. The van der Waals surface area contributed by atoms with E-state index in [9.17, 15) is 8.42 Å². The molecule has 1 aromatic rings. The largest absolute Gasteiger partial charge is 0.359 e. The van der Waals surface area contributed by atoms with E-state index in [4.69, 9.17) is 4.74 Å². The highest BCUT2D eigenvalue weighted by Gasteiger charge is 2.27. The van der Waals surface area contributed by atoms with Crippen molar-refractivity contribution in [2.75, 3.05) is 59.0 Å². The predicted octanol–water partition coefficient (Wildman–Crippen LogP) is -0.517. The molecule has 7 nitrogen and oxygen atoms in total. The normalized spacial score (nSPS) is 22.7. The molecule has 0 bridgehead atoms. The molecule has 0 saturated carbocycles. The monoisotopic (exact) mass is 370 g/mol. The van der Waals surface area contributed by atoms with E-state index >= 15 is 0 Å². The Morgan fingerprint density at radius 2 is 1.36 bits per heavy atom. The van der Waals surface area contributed by atoms with Crippen LogP contribution in [0, 0.1) is 6.92 Å². The van der Waals surface area contributed by atoms with E-state index in [0.717, 1.165) is 38.3 Å². The summed E-state index contributed by atoms with van der Waals surface area (Å²) < 4.78 is 31.5. The number of hydrogen-bond donors (Lipinski definition) is 4. The molecule has 1 aromatic carbocycles. The molecule has 0 amide bonds. The molecule has 0 aromatic heterocycles. The second kappa shape index (κ2) is 10.8. The Morgan fingerprint density at radius 1 is 0.840 bits per heavy atom. The Hall–Kier alpha value is -1.03. The van der Waals surface area contributed by atoms with Gasteiger partial charge in [0.25, 0.3) is 0 Å². The number of sulfone groups is 1. The highest BCUT2D eigenvalue weighted by molar-refractivity contribution is 7.92. The first-order valence-corrected chi connectivity index (χ1v) is 10.4. The van der Waals surface area contributed by atoms with Crippen LogP contribution in [0.25, 0.3) is 0 Å². The maximum absolute atomic E-state index is 12.9. The number of hydrogen-bond acceptors (Lipinski definition) is 7. The van der Waals surface area contributed by atoms with Crippen LogP contribution in [0.4, 0.5) is 0 Å². The van der Waals surface area contributed by atoms with Crippen molar-refractivity contribution >= 4 is 9.84 Å². The lowest BCUT2D eigenvalue weighted by Crippen LogP contribution is -2.39. The minimum Gasteiger partial charge on any atom is -0.359 e. The van der Waals surface area contributed by atoms with Crippen molar-refractivity contribution in [2.45, 2.75) is 17.3 Å². The van der Waals surface area contributed by atoms with E-state index < -0.39 is 15.3 Å². The zero-order valence-corrected chi connectivity index (χ0v) is 15.7. The Bertz CT molecular complexity index is 576. The number of benzene rings is 1. The summed E-state index contributed by atoms with van der Waals surface area (Å²) in [5.74, 6) is 0. The van der Waals surface area contributed by atoms with E-state index in [0.29, 0.717) is 24.6 Å². The molecular formula is C17H30N4O3S. The quantitative estimate of drug-likeness (QED) is 0.557. The fourth-order valence-electron chi connectivity index (χ4n) is 2.53. The van der Waals surface area contributed by atoms with Crippen LogP contribution in [0.2, 0.25) is 0 Å². The maximum Gasteiger partial charge on any atom is 0.206 e. The molecule has 0 aliphatic carbocycles. The van der Waals surface area contributed by atoms with Crippen LogP contribution >= 0.6 is 0 Å². The molecule has 0 spiro atoms. The standard InChI is InChI=1S/C17H30N4O3S/c1-15-2-4-16(5-3-15)25(22,23)17-14-21-11-10-19-7-6-18-8-9-20-12-13-24-17/h2-5,17-21H,6-14H2,1H3. The Kier molecular flexibility index (Phi) is 8.80. The summed E-state index contributed by atoms with van der Waals surface area (Å²) in [5.41, 5.74) is 0.143. The van der Waals surface area contributed by atoms with Gasteiger partial charge in [-0.25, -0.2) is 8.42 Å². The zero-order chi connectivity index (χ0) is 18.0. The van der Waals surface area contributed by atoms with E-state index in [1.54, 1.807) is 12.1 Å². The first-order valence-electron chi connectivity index (χ1n) is 8.86. The van der Waals surface area contributed by atoms with Gasteiger partial charge in [0.2, 0.25) is 9.84 Å². The van der Waals surface area contributed by atoms with Gasteiger partial charge in [-0.1, -0.05) is 17.7 Å². The topological polar surface area (TPSA) is 91.5 Å². The van der Waals surface area contributed by atoms with Crippen LogP contribution in [0.15, 0.2) is 29.2 Å². The summed E-state index contributed by atoms with van der Waals surface area (Å²) >= 11 is 0. The molecule has 142 valence electrons. The third kappa shape index (κ3) is 7.01. The first-order chi connectivity index (χ1) is 12.1. The van der Waals surface area contributed by atoms with Crippen molar-refractivity contribution in [2.24, 2.45) is 0 Å². The Balaban J connectivity index is 2.01. The minimum absolute atomic E-state index is 0.274. The Morgan fingerprint density at radius 3 is 1.96 bits per heavy atom. The van der Waals surface area contributed by atoms with E-state index in [-0.39, 0.29) is 6.54 Å². The smallest absolute Gasteiger partial charge is 0.206 e. The summed E-state index contributed by atoms with van der Waals surface area (Å²) in [6, 6.07) is 6.92. The maximum atomic E-state index is 12.9. The van der Waals surface area contributed by atoms with Crippen LogP contribution in [0.5, 0.6) is 0 Å². The Labute approximate surface area is 150 Å². The molecule has 1 saturated heterocycles. The highest BCUT2D eigenvalue weighted by Crippen LogP contribution is 2.17. The van der Waals surface area contributed by atoms with Crippen LogP contribution in [-0.2, 0) is 14.6 Å². The highest BCUT2D eigenvalue weighted by atomic mass is 32.2. The van der Waals surface area contributed by atoms with E-state index in [1.165, 1.54) is 0 Å². The van der Waals surface area contributed by atoms with Crippen LogP contribution in [0.3, 0.4) is 0 Å². The number of nitrogens with one attached hydrogen (secondary N) is 4. The summed E-state index contributed by atoms with van der Waals surface area (Å²) in [5, 5.41) is 13.1. The van der Waals surface area contributed by atoms with Crippen molar-refractivity contribution in [1.82, 2.24) is 21.3 Å². The average Bonchev–Trinajstić information content (AvgIpc) is 2.60. The minimum atomic E-state index is -3.54. The van der Waals surface area contributed by atoms with Gasteiger partial charge in [-0.3, -0.25) is 0 Å². The molecule has 1 heterocycles. The van der Waals surface area contributed by atoms with Crippen LogP contribution in [0.1, 0.15) is 5.56 Å². The molecule has 8 heteroatoms. The van der Waals surface area contributed by atoms with Gasteiger partial charge in [-0.2, -0.15) is 0 Å². The van der Waals surface area contributed by atoms with Gasteiger partial charge < -0.3 is 26.0 Å². The molecule has 4 N–H and O–H groups in total. The molecule has 1 aliphatic heterocycles. The van der Waals surface area contributed by atoms with Gasteiger partial charge in [0, 0.05) is 52.4 Å². The molecule has 1 fully saturated rings. The van der Waals surface area contributed by atoms with Crippen molar-refractivity contribution < 1.29 is 13.2 Å². The lowest BCUT2D eigenvalue weighted by molar-refractivity contribution is 0.106. The molecule has 25 heavy (non-hydrogen) atoms. The lowest BCUT2D eigenvalue weighted by Gasteiger charge is -2.19. The van der Waals surface area contributed by atoms with E-state index in [1.807, 2.05) is 19.1 Å². The first kappa shape index (κ1) is 20.3. The molecule has 1 atom stereocenters. The van der Waals surface area contributed by atoms with Crippen molar-refractivity contribution in [3.8, 4) is 0 Å². The van der Waals surface area contributed by atoms with Crippen LogP contribution in [-0.4, -0.2) is 72.8 Å². The molecule has 1 aliphatic rings.